The molecule has 292 valence electrons. The number of aromatic nitrogens is 3. The summed E-state index contributed by atoms with van der Waals surface area (Å²) < 4.78 is 2.32. The van der Waals surface area contributed by atoms with Crippen LogP contribution in [0, 0.1) is 17.2 Å². The second-order valence-electron chi connectivity index (χ2n) is 15.6. The third kappa shape index (κ3) is 7.70. The van der Waals surface area contributed by atoms with Crippen LogP contribution in [0.4, 0.5) is 32.5 Å². The average Bonchev–Trinajstić information content (AvgIpc) is 3.64. The number of likely N-dealkylation sites (tertiary alicyclic amines) is 1. The van der Waals surface area contributed by atoms with Gasteiger partial charge in [0.2, 0.25) is 5.91 Å². The summed E-state index contributed by atoms with van der Waals surface area (Å²) in [6, 6.07) is 13.5. The zero-order chi connectivity index (χ0) is 38.9. The Bertz CT molecular complexity index is 2140. The van der Waals surface area contributed by atoms with Crippen molar-refractivity contribution >= 4 is 63.4 Å². The van der Waals surface area contributed by atoms with E-state index in [0.717, 1.165) is 86.5 Å². The lowest BCUT2D eigenvalue weighted by atomic mass is 9.94. The summed E-state index contributed by atoms with van der Waals surface area (Å²) in [5, 5.41) is 16.1. The topological polar surface area (TPSA) is 146 Å². The predicted molar refractivity (Wildman–Crippen MR) is 217 cm³/mol. The van der Waals surface area contributed by atoms with E-state index in [-0.39, 0.29) is 30.4 Å². The number of nitriles is 1. The highest BCUT2D eigenvalue weighted by Gasteiger charge is 2.33. The first-order valence-corrected chi connectivity index (χ1v) is 20.1. The van der Waals surface area contributed by atoms with Gasteiger partial charge in [-0.3, -0.25) is 20.0 Å². The quantitative estimate of drug-likeness (QED) is 0.228. The molecule has 4 saturated heterocycles. The Balaban J connectivity index is 0.787. The number of amides is 5. The van der Waals surface area contributed by atoms with Gasteiger partial charge in [0, 0.05) is 94.2 Å². The van der Waals surface area contributed by atoms with Gasteiger partial charge in [-0.25, -0.2) is 14.6 Å². The Hall–Kier alpha value is -5.39. The molecule has 4 fully saturated rings. The molecule has 1 aromatic carbocycles. The molecule has 0 saturated carbocycles. The first kappa shape index (κ1) is 37.5. The normalized spacial score (nSPS) is 21.7. The van der Waals surface area contributed by atoms with Crippen LogP contribution in [0.5, 0.6) is 0 Å². The first-order valence-electron chi connectivity index (χ1n) is 19.7. The number of benzene rings is 1. The predicted octanol–water partition coefficient (Wildman–Crippen LogP) is 6.09. The van der Waals surface area contributed by atoms with Crippen LogP contribution in [0.2, 0.25) is 5.02 Å². The number of pyridine rings is 2. The highest BCUT2D eigenvalue weighted by molar-refractivity contribution is 6.32. The number of fused-ring (bicyclic) bond motifs is 1. The molecule has 0 spiro atoms. The van der Waals surface area contributed by atoms with Crippen LogP contribution >= 0.6 is 11.6 Å². The van der Waals surface area contributed by atoms with Crippen LogP contribution in [-0.4, -0.2) is 107 Å². The molecule has 0 bridgehead atoms. The van der Waals surface area contributed by atoms with E-state index in [4.69, 9.17) is 16.6 Å². The molecule has 2 atom stereocenters. The number of carbonyl (C=O) groups excluding carboxylic acids is 3. The first-order chi connectivity index (χ1) is 27.1. The maximum absolute atomic E-state index is 13.4. The number of halogens is 1. The summed E-state index contributed by atoms with van der Waals surface area (Å²) in [7, 11) is 0. The van der Waals surface area contributed by atoms with Gasteiger partial charge in [0.1, 0.15) is 11.9 Å². The molecule has 4 aromatic rings. The number of carbonyl (C=O) groups is 3. The third-order valence-electron chi connectivity index (χ3n) is 12.0. The fraction of sp³-hybridized carbons (Fsp3) is 0.463. The molecular formula is C41H48ClN11O3. The fourth-order valence-electron chi connectivity index (χ4n) is 8.86. The minimum Gasteiger partial charge on any atom is -0.365 e. The van der Waals surface area contributed by atoms with Crippen molar-refractivity contribution in [2.24, 2.45) is 5.92 Å². The second kappa shape index (κ2) is 16.0. The van der Waals surface area contributed by atoms with E-state index in [9.17, 15) is 19.6 Å². The number of urea groups is 2. The summed E-state index contributed by atoms with van der Waals surface area (Å²) in [6.07, 6.45) is 12.1. The molecule has 15 heteroatoms. The highest BCUT2D eigenvalue weighted by Crippen LogP contribution is 2.34. The maximum atomic E-state index is 13.4. The van der Waals surface area contributed by atoms with Gasteiger partial charge in [0.25, 0.3) is 0 Å². The highest BCUT2D eigenvalue weighted by atomic mass is 35.5. The van der Waals surface area contributed by atoms with Crippen LogP contribution in [0.15, 0.2) is 61.2 Å². The molecule has 4 aliphatic rings. The Morgan fingerprint density at radius 3 is 2.48 bits per heavy atom. The number of nitrogens with zero attached hydrogens (tertiary/aromatic N) is 9. The van der Waals surface area contributed by atoms with Gasteiger partial charge >= 0.3 is 12.1 Å². The van der Waals surface area contributed by atoms with Crippen molar-refractivity contribution in [3.05, 3.63) is 71.8 Å². The van der Waals surface area contributed by atoms with Crippen molar-refractivity contribution in [3.8, 4) is 6.07 Å². The minimum absolute atomic E-state index is 0.0293. The zero-order valence-electron chi connectivity index (χ0n) is 31.9. The molecule has 4 aliphatic heterocycles. The molecule has 5 amide bonds. The smallest absolute Gasteiger partial charge is 0.328 e. The van der Waals surface area contributed by atoms with Crippen LogP contribution in [0.25, 0.3) is 10.9 Å². The monoisotopic (exact) mass is 777 g/mol. The Labute approximate surface area is 332 Å². The average molecular weight is 778 g/mol. The number of hydrogen-bond acceptors (Lipinski definition) is 9. The Morgan fingerprint density at radius 1 is 0.964 bits per heavy atom. The lowest BCUT2D eigenvalue weighted by molar-refractivity contribution is -0.120. The number of rotatable bonds is 7. The summed E-state index contributed by atoms with van der Waals surface area (Å²) in [6.45, 7) is 10.8. The van der Waals surface area contributed by atoms with E-state index in [1.165, 1.54) is 0 Å². The van der Waals surface area contributed by atoms with Crippen molar-refractivity contribution in [3.63, 3.8) is 0 Å². The molecule has 2 N–H and O–H groups in total. The molecule has 3 aromatic heterocycles. The molecule has 0 aliphatic carbocycles. The SMILES string of the molecule is C[C@@H]1CN(c2ccc(C#N)c(Cl)c2)[C@@H](C)CN1C(=O)Nc1ccc(N2CCC(CN3CCC(n4ccc5c(N6CCC(=O)NC6=O)cncc54)CC3)CC2)nc1. The van der Waals surface area contributed by atoms with Gasteiger partial charge in [-0.15, -0.1) is 0 Å². The van der Waals surface area contributed by atoms with E-state index in [1.54, 1.807) is 23.4 Å². The number of anilines is 4. The summed E-state index contributed by atoms with van der Waals surface area (Å²) in [5.74, 6) is 1.33. The van der Waals surface area contributed by atoms with E-state index in [2.05, 4.69) is 60.1 Å². The maximum Gasteiger partial charge on any atom is 0.328 e. The Kier molecular flexibility index (Phi) is 10.7. The van der Waals surface area contributed by atoms with Crippen molar-refractivity contribution in [2.75, 3.05) is 72.4 Å². The number of imide groups is 1. The van der Waals surface area contributed by atoms with Crippen LogP contribution < -0.4 is 25.3 Å². The van der Waals surface area contributed by atoms with Crippen molar-refractivity contribution < 1.29 is 14.4 Å². The van der Waals surface area contributed by atoms with Crippen LogP contribution in [0.1, 0.15) is 57.6 Å². The van der Waals surface area contributed by atoms with Gasteiger partial charge in [-0.1, -0.05) is 11.6 Å². The minimum atomic E-state index is -0.390. The van der Waals surface area contributed by atoms with Gasteiger partial charge < -0.3 is 29.5 Å². The second-order valence-corrected chi connectivity index (χ2v) is 16.1. The summed E-state index contributed by atoms with van der Waals surface area (Å²) >= 11 is 6.31. The third-order valence-corrected chi connectivity index (χ3v) is 12.3. The van der Waals surface area contributed by atoms with E-state index in [0.29, 0.717) is 47.9 Å². The summed E-state index contributed by atoms with van der Waals surface area (Å²) in [5.41, 5.74) is 3.84. The summed E-state index contributed by atoms with van der Waals surface area (Å²) in [4.78, 5) is 57.5. The fourth-order valence-corrected chi connectivity index (χ4v) is 9.08. The van der Waals surface area contributed by atoms with Crippen molar-refractivity contribution in [1.29, 1.82) is 5.26 Å². The molecule has 8 rings (SSSR count). The molecule has 0 unspecified atom stereocenters. The number of piperidine rings is 2. The van der Waals surface area contributed by atoms with E-state index in [1.807, 2.05) is 42.3 Å². The lowest BCUT2D eigenvalue weighted by Crippen LogP contribution is -2.59. The largest absolute Gasteiger partial charge is 0.365 e. The number of nitrogens with one attached hydrogen (secondary N) is 2. The Morgan fingerprint density at radius 2 is 1.77 bits per heavy atom. The molecule has 7 heterocycles. The van der Waals surface area contributed by atoms with Gasteiger partial charge in [0.05, 0.1) is 46.1 Å². The van der Waals surface area contributed by atoms with Crippen molar-refractivity contribution in [1.82, 2.24) is 29.7 Å². The number of hydrogen-bond donors (Lipinski definition) is 2. The van der Waals surface area contributed by atoms with Gasteiger partial charge in [-0.2, -0.15) is 5.26 Å². The number of piperazine rings is 1. The van der Waals surface area contributed by atoms with E-state index < -0.39 is 6.03 Å². The lowest BCUT2D eigenvalue weighted by Gasteiger charge is -2.45. The molecule has 56 heavy (non-hydrogen) atoms. The van der Waals surface area contributed by atoms with Gasteiger partial charge in [-0.05, 0) is 81.8 Å². The molecule has 0 radical (unpaired) electrons. The molecule has 14 nitrogen and oxygen atoms in total. The molecular weight excluding hydrogens is 730 g/mol. The van der Waals surface area contributed by atoms with E-state index >= 15 is 0 Å². The standard InChI is InChI=1S/C41H48ClN11O3/c1-27-25-53(28(2)24-52(27)33-5-3-30(20-43)35(42)19-33)40(55)46-31-4-6-38(45-21-31)49-15-7-29(8-16-49)26-48-13-9-32(10-14-48)50-17-11-34-36(50)22-44-23-37(34)51-18-12-39(54)47-41(51)56/h3-6,11,17,19,21-23,27-29,32H,7-10,12-16,18,24-26H2,1-2H3,(H,46,55)(H,47,54,56)/t27-,28+/m0/s1. The van der Waals surface area contributed by atoms with Crippen LogP contribution in [0.3, 0.4) is 0 Å². The van der Waals surface area contributed by atoms with Gasteiger partial charge in [0.15, 0.2) is 0 Å². The van der Waals surface area contributed by atoms with Crippen molar-refractivity contribution in [2.45, 2.75) is 64.1 Å². The zero-order valence-corrected chi connectivity index (χ0v) is 32.7. The van der Waals surface area contributed by atoms with Crippen LogP contribution in [-0.2, 0) is 4.79 Å².